The van der Waals surface area contributed by atoms with E-state index in [1.165, 1.54) is 18.6 Å². The number of nitro benzene ring substituents is 1. The van der Waals surface area contributed by atoms with Gasteiger partial charge in [0.2, 0.25) is 17.8 Å². The molecule has 0 amide bonds. The van der Waals surface area contributed by atoms with Gasteiger partial charge in [0.25, 0.3) is 5.69 Å². The van der Waals surface area contributed by atoms with Gasteiger partial charge in [0.15, 0.2) is 0 Å². The summed E-state index contributed by atoms with van der Waals surface area (Å²) in [6.45, 7) is 0. The largest absolute Gasteiger partial charge is 0.508 e. The number of nitrogens with zero attached hydrogens (tertiary/aromatic N) is 5. The van der Waals surface area contributed by atoms with E-state index in [-0.39, 0.29) is 29.4 Å². The van der Waals surface area contributed by atoms with E-state index in [0.29, 0.717) is 17.2 Å². The fourth-order valence-corrected chi connectivity index (χ4v) is 3.54. The maximum absolute atomic E-state index is 10.9. The van der Waals surface area contributed by atoms with Crippen LogP contribution in [0.2, 0.25) is 0 Å². The van der Waals surface area contributed by atoms with E-state index in [9.17, 15) is 15.2 Å². The molecule has 4 rings (SSSR count). The van der Waals surface area contributed by atoms with Gasteiger partial charge in [-0.15, -0.1) is 0 Å². The number of hydrogen-bond donors (Lipinski definition) is 4. The highest BCUT2D eigenvalue weighted by Crippen LogP contribution is 2.23. The lowest BCUT2D eigenvalue weighted by Gasteiger charge is -2.22. The average molecular weight is 448 g/mol. The zero-order valence-corrected chi connectivity index (χ0v) is 17.8. The molecule has 0 unspecified atom stereocenters. The van der Waals surface area contributed by atoms with Crippen molar-refractivity contribution in [2.24, 2.45) is 5.10 Å². The van der Waals surface area contributed by atoms with E-state index in [1.54, 1.807) is 42.6 Å². The molecule has 170 valence electrons. The summed E-state index contributed by atoms with van der Waals surface area (Å²) in [5.41, 5.74) is 4.11. The maximum atomic E-state index is 10.9. The Morgan fingerprint density at radius 3 is 2.45 bits per heavy atom. The summed E-state index contributed by atoms with van der Waals surface area (Å²) in [5.74, 6) is 1.06. The van der Waals surface area contributed by atoms with Gasteiger partial charge in [-0.25, -0.2) is 5.43 Å². The number of benzene rings is 2. The molecule has 2 aromatic carbocycles. The van der Waals surface area contributed by atoms with Crippen LogP contribution in [0.25, 0.3) is 0 Å². The minimum absolute atomic E-state index is 0.000470. The molecular weight excluding hydrogens is 424 g/mol. The van der Waals surface area contributed by atoms with Gasteiger partial charge in [-0.2, -0.15) is 20.1 Å². The van der Waals surface area contributed by atoms with Gasteiger partial charge < -0.3 is 15.7 Å². The second kappa shape index (κ2) is 10.4. The van der Waals surface area contributed by atoms with Gasteiger partial charge in [0.1, 0.15) is 5.75 Å². The predicted octanol–water partition coefficient (Wildman–Crippen LogP) is 4.42. The quantitative estimate of drug-likeness (QED) is 0.223. The van der Waals surface area contributed by atoms with E-state index in [2.05, 4.69) is 36.1 Å². The molecule has 0 spiro atoms. The average Bonchev–Trinajstić information content (AvgIpc) is 2.80. The van der Waals surface area contributed by atoms with Crippen molar-refractivity contribution in [3.05, 3.63) is 64.2 Å². The summed E-state index contributed by atoms with van der Waals surface area (Å²) in [7, 11) is 0. The van der Waals surface area contributed by atoms with Crippen LogP contribution >= 0.6 is 0 Å². The molecule has 11 heteroatoms. The van der Waals surface area contributed by atoms with Crippen LogP contribution < -0.4 is 16.1 Å². The van der Waals surface area contributed by atoms with Crippen molar-refractivity contribution in [3.8, 4) is 5.75 Å². The molecule has 11 nitrogen and oxygen atoms in total. The normalized spacial score (nSPS) is 14.2. The van der Waals surface area contributed by atoms with Crippen molar-refractivity contribution < 1.29 is 10.0 Å². The Labute approximate surface area is 190 Å². The first-order valence-corrected chi connectivity index (χ1v) is 10.7. The molecule has 0 atom stereocenters. The molecule has 0 radical (unpaired) electrons. The van der Waals surface area contributed by atoms with E-state index in [1.807, 2.05) is 0 Å². The number of phenols is 1. The number of hydrogen-bond acceptors (Lipinski definition) is 10. The van der Waals surface area contributed by atoms with Crippen LogP contribution in [0.15, 0.2) is 53.6 Å². The van der Waals surface area contributed by atoms with Crippen LogP contribution in [0.3, 0.4) is 0 Å². The molecule has 1 heterocycles. The summed E-state index contributed by atoms with van der Waals surface area (Å²) >= 11 is 0. The van der Waals surface area contributed by atoms with Crippen LogP contribution in [0.1, 0.15) is 37.7 Å². The van der Waals surface area contributed by atoms with Crippen LogP contribution in [-0.4, -0.2) is 37.2 Å². The Morgan fingerprint density at radius 2 is 1.73 bits per heavy atom. The molecule has 1 aliphatic rings. The lowest BCUT2D eigenvalue weighted by molar-refractivity contribution is -0.384. The van der Waals surface area contributed by atoms with Crippen molar-refractivity contribution in [2.75, 3.05) is 16.1 Å². The van der Waals surface area contributed by atoms with E-state index >= 15 is 0 Å². The highest BCUT2D eigenvalue weighted by atomic mass is 16.6. The van der Waals surface area contributed by atoms with Crippen molar-refractivity contribution in [3.63, 3.8) is 0 Å². The van der Waals surface area contributed by atoms with Crippen molar-refractivity contribution in [1.29, 1.82) is 0 Å². The molecule has 0 saturated heterocycles. The summed E-state index contributed by atoms with van der Waals surface area (Å²) in [6.07, 6.45) is 7.20. The van der Waals surface area contributed by atoms with Gasteiger partial charge >= 0.3 is 0 Å². The number of phenolic OH excluding ortho intramolecular Hbond substituents is 1. The van der Waals surface area contributed by atoms with E-state index in [4.69, 9.17) is 0 Å². The zero-order valence-electron chi connectivity index (χ0n) is 17.8. The fraction of sp³-hybridized carbons (Fsp3) is 0.273. The van der Waals surface area contributed by atoms with Gasteiger partial charge in [-0.3, -0.25) is 10.1 Å². The Balaban J connectivity index is 1.53. The summed E-state index contributed by atoms with van der Waals surface area (Å²) in [6, 6.07) is 13.0. The summed E-state index contributed by atoms with van der Waals surface area (Å²) in [5, 5.41) is 31.0. The second-order valence-electron chi connectivity index (χ2n) is 7.68. The lowest BCUT2D eigenvalue weighted by Crippen LogP contribution is -2.24. The van der Waals surface area contributed by atoms with E-state index in [0.717, 1.165) is 25.7 Å². The highest BCUT2D eigenvalue weighted by Gasteiger charge is 2.16. The predicted molar refractivity (Wildman–Crippen MR) is 126 cm³/mol. The molecule has 1 aliphatic carbocycles. The molecule has 4 N–H and O–H groups in total. The Morgan fingerprint density at radius 1 is 1.00 bits per heavy atom. The monoisotopic (exact) mass is 448 g/mol. The third-order valence-electron chi connectivity index (χ3n) is 5.16. The number of anilines is 4. The molecule has 0 bridgehead atoms. The fourth-order valence-electron chi connectivity index (χ4n) is 3.54. The standard InChI is InChI=1S/C22H24N8O3/c31-19-8-4-5-15(13-19)14-23-29-22-27-20(24-16-6-2-1-3-7-16)26-21(28-22)25-17-9-11-18(12-10-17)30(32)33/h4-5,8-14,16,31H,1-3,6-7H2,(H3,24,25,26,27,28,29)/b23-14+. The van der Waals surface area contributed by atoms with Gasteiger partial charge in [0.05, 0.1) is 11.1 Å². The van der Waals surface area contributed by atoms with Crippen LogP contribution in [0.5, 0.6) is 5.75 Å². The van der Waals surface area contributed by atoms with Gasteiger partial charge in [-0.05, 0) is 42.7 Å². The number of nitrogens with one attached hydrogen (secondary N) is 3. The number of hydrazone groups is 1. The number of nitro groups is 1. The van der Waals surface area contributed by atoms with Crippen molar-refractivity contribution >= 4 is 35.4 Å². The van der Waals surface area contributed by atoms with Crippen LogP contribution in [0.4, 0.5) is 29.2 Å². The first-order valence-electron chi connectivity index (χ1n) is 10.7. The SMILES string of the molecule is O=[N+]([O-])c1ccc(Nc2nc(N/N=C/c3cccc(O)c3)nc(NC3CCCCC3)n2)cc1. The second-order valence-corrected chi connectivity index (χ2v) is 7.68. The number of aromatic hydroxyl groups is 1. The number of rotatable bonds is 8. The Bertz CT molecular complexity index is 1130. The smallest absolute Gasteiger partial charge is 0.269 e. The number of non-ortho nitro benzene ring substituents is 1. The molecule has 33 heavy (non-hydrogen) atoms. The molecular formula is C22H24N8O3. The topological polar surface area (TPSA) is 150 Å². The van der Waals surface area contributed by atoms with Crippen molar-refractivity contribution in [2.45, 2.75) is 38.1 Å². The molecule has 0 aliphatic heterocycles. The molecule has 3 aromatic rings. The van der Waals surface area contributed by atoms with Gasteiger partial charge in [0, 0.05) is 23.9 Å². The molecule has 1 fully saturated rings. The van der Waals surface area contributed by atoms with E-state index < -0.39 is 4.92 Å². The molecule has 1 saturated carbocycles. The van der Waals surface area contributed by atoms with Crippen LogP contribution in [-0.2, 0) is 0 Å². The third kappa shape index (κ3) is 6.35. The lowest BCUT2D eigenvalue weighted by atomic mass is 9.96. The molecule has 1 aromatic heterocycles. The minimum Gasteiger partial charge on any atom is -0.508 e. The Kier molecular flexibility index (Phi) is 6.88. The number of aromatic nitrogens is 3. The third-order valence-corrected chi connectivity index (χ3v) is 5.16. The summed E-state index contributed by atoms with van der Waals surface area (Å²) in [4.78, 5) is 23.6. The minimum atomic E-state index is -0.453. The highest BCUT2D eigenvalue weighted by molar-refractivity contribution is 5.80. The zero-order chi connectivity index (χ0) is 23.0. The summed E-state index contributed by atoms with van der Waals surface area (Å²) < 4.78 is 0. The first-order chi connectivity index (χ1) is 16.0. The Hall–Kier alpha value is -4.28. The maximum Gasteiger partial charge on any atom is 0.269 e. The first kappa shape index (κ1) is 21.9. The van der Waals surface area contributed by atoms with Crippen molar-refractivity contribution in [1.82, 2.24) is 15.0 Å². The van der Waals surface area contributed by atoms with Gasteiger partial charge in [-0.1, -0.05) is 31.4 Å². The van der Waals surface area contributed by atoms with Crippen LogP contribution in [0, 0.1) is 10.1 Å².